The molecule has 1 saturated carbocycles. The maximum absolute atomic E-state index is 13.6. The number of benzene rings is 4. The summed E-state index contributed by atoms with van der Waals surface area (Å²) in [5.41, 5.74) is 7.96. The molecule has 0 bridgehead atoms. The molecule has 0 radical (unpaired) electrons. The van der Waals surface area contributed by atoms with Crippen molar-refractivity contribution >= 4 is 28.9 Å². The van der Waals surface area contributed by atoms with Crippen LogP contribution in [0.3, 0.4) is 0 Å². The van der Waals surface area contributed by atoms with Gasteiger partial charge in [0.1, 0.15) is 0 Å². The van der Waals surface area contributed by atoms with E-state index in [9.17, 15) is 9.59 Å². The molecular weight excluding hydrogens is 506 g/mol. The van der Waals surface area contributed by atoms with Crippen LogP contribution in [0.5, 0.6) is 0 Å². The number of hydrogen-bond donors (Lipinski definition) is 1. The molecule has 0 saturated heterocycles. The topological polar surface area (TPSA) is 52.7 Å². The number of anilines is 3. The molecule has 0 aromatic heterocycles. The normalized spacial score (nSPS) is 15.3. The minimum atomic E-state index is -0.153. The number of fused-ring (bicyclic) bond motifs is 1. The average molecular weight is 544 g/mol. The van der Waals surface area contributed by atoms with Gasteiger partial charge in [0.2, 0.25) is 5.91 Å². The van der Waals surface area contributed by atoms with Crippen LogP contribution < -0.4 is 15.1 Å². The fourth-order valence-corrected chi connectivity index (χ4v) is 6.30. The first kappa shape index (κ1) is 26.8. The van der Waals surface area contributed by atoms with E-state index in [-0.39, 0.29) is 11.8 Å². The van der Waals surface area contributed by atoms with Gasteiger partial charge >= 0.3 is 0 Å². The number of nitrogens with one attached hydrogen (secondary N) is 1. The molecule has 1 aliphatic carbocycles. The van der Waals surface area contributed by atoms with E-state index < -0.39 is 0 Å². The van der Waals surface area contributed by atoms with Crippen LogP contribution in [-0.4, -0.2) is 24.9 Å². The number of aryl methyl sites for hydroxylation is 1. The molecule has 41 heavy (non-hydrogen) atoms. The maximum Gasteiger partial charge on any atom is 0.255 e. The van der Waals surface area contributed by atoms with Crippen LogP contribution in [0.2, 0.25) is 0 Å². The Balaban J connectivity index is 1.33. The third-order valence-electron chi connectivity index (χ3n) is 8.58. The average Bonchev–Trinajstić information content (AvgIpc) is 3.03. The van der Waals surface area contributed by atoms with Gasteiger partial charge in [0.05, 0.1) is 0 Å². The fourth-order valence-electron chi connectivity index (χ4n) is 6.30. The summed E-state index contributed by atoms with van der Waals surface area (Å²) in [6.45, 7) is 0.728. The van der Waals surface area contributed by atoms with Crippen LogP contribution in [0.15, 0.2) is 97.1 Å². The van der Waals surface area contributed by atoms with E-state index in [1.165, 1.54) is 37.8 Å². The summed E-state index contributed by atoms with van der Waals surface area (Å²) in [6.07, 6.45) is 7.43. The second-order valence-electron chi connectivity index (χ2n) is 11.2. The third-order valence-corrected chi connectivity index (χ3v) is 8.58. The summed E-state index contributed by atoms with van der Waals surface area (Å²) in [5.74, 6) is -0.0532. The Bertz CT molecular complexity index is 1530. The molecule has 5 heteroatoms. The zero-order valence-corrected chi connectivity index (χ0v) is 23.7. The predicted molar refractivity (Wildman–Crippen MR) is 168 cm³/mol. The van der Waals surface area contributed by atoms with Crippen LogP contribution >= 0.6 is 0 Å². The Morgan fingerprint density at radius 3 is 2.34 bits per heavy atom. The predicted octanol–water partition coefficient (Wildman–Crippen LogP) is 7.85. The Labute approximate surface area is 242 Å². The van der Waals surface area contributed by atoms with Gasteiger partial charge in [-0.1, -0.05) is 79.9 Å². The molecule has 5 nitrogen and oxygen atoms in total. The minimum Gasteiger partial charge on any atom is -0.364 e. The highest BCUT2D eigenvalue weighted by Crippen LogP contribution is 2.33. The lowest BCUT2D eigenvalue weighted by Crippen LogP contribution is -2.36. The highest BCUT2D eigenvalue weighted by molar-refractivity contribution is 6.05. The standard InChI is InChI=1S/C36H37N3O2/c1-38-34-24-30(20-17-27(34)19-22-35(38)40)37-36(41)28-18-21-33(26-11-5-2-6-12-26)29(23-28)25-39(31-13-7-3-8-14-31)32-15-9-4-10-16-32/h2-3,5-8,11-14,17-18,20-21,23-24,32H,4,9-10,15-16,19,22,25H2,1H3,(H,37,41). The minimum absolute atomic E-state index is 0.100. The summed E-state index contributed by atoms with van der Waals surface area (Å²) in [5, 5.41) is 3.09. The lowest BCUT2D eigenvalue weighted by molar-refractivity contribution is -0.118. The van der Waals surface area contributed by atoms with Gasteiger partial charge in [-0.25, -0.2) is 0 Å². The van der Waals surface area contributed by atoms with Gasteiger partial charge in [0.25, 0.3) is 5.91 Å². The third kappa shape index (κ3) is 5.90. The van der Waals surface area contributed by atoms with Crippen molar-refractivity contribution in [3.63, 3.8) is 0 Å². The molecule has 2 aliphatic rings. The van der Waals surface area contributed by atoms with Crippen molar-refractivity contribution in [3.8, 4) is 11.1 Å². The van der Waals surface area contributed by atoms with Crippen LogP contribution in [0.4, 0.5) is 17.1 Å². The molecule has 0 spiro atoms. The number of para-hydroxylation sites is 1. The highest BCUT2D eigenvalue weighted by atomic mass is 16.2. The fraction of sp³-hybridized carbons (Fsp3) is 0.278. The highest BCUT2D eigenvalue weighted by Gasteiger charge is 2.24. The Hall–Kier alpha value is -4.38. The van der Waals surface area contributed by atoms with Crippen LogP contribution in [-0.2, 0) is 17.8 Å². The van der Waals surface area contributed by atoms with Gasteiger partial charge in [-0.15, -0.1) is 0 Å². The number of carbonyl (C=O) groups is 2. The molecule has 4 aromatic carbocycles. The van der Waals surface area contributed by atoms with E-state index >= 15 is 0 Å². The summed E-state index contributed by atoms with van der Waals surface area (Å²) < 4.78 is 0. The van der Waals surface area contributed by atoms with E-state index in [4.69, 9.17) is 0 Å². The summed E-state index contributed by atoms with van der Waals surface area (Å²) in [6, 6.07) is 33.5. The number of nitrogens with zero attached hydrogens (tertiary/aromatic N) is 2. The molecule has 6 rings (SSSR count). The van der Waals surface area contributed by atoms with Crippen molar-refractivity contribution in [3.05, 3.63) is 114 Å². The molecule has 1 fully saturated rings. The molecule has 0 atom stereocenters. The van der Waals surface area contributed by atoms with E-state index in [1.807, 2.05) is 30.3 Å². The molecular formula is C36H37N3O2. The molecule has 1 N–H and O–H groups in total. The molecule has 4 aromatic rings. The largest absolute Gasteiger partial charge is 0.364 e. The summed E-state index contributed by atoms with van der Waals surface area (Å²) in [4.78, 5) is 30.0. The Kier molecular flexibility index (Phi) is 7.86. The molecule has 2 amide bonds. The van der Waals surface area contributed by atoms with Crippen molar-refractivity contribution in [2.45, 2.75) is 57.5 Å². The van der Waals surface area contributed by atoms with Gasteiger partial charge in [0, 0.05) is 48.7 Å². The first-order valence-electron chi connectivity index (χ1n) is 14.8. The summed E-state index contributed by atoms with van der Waals surface area (Å²) in [7, 11) is 1.80. The molecule has 1 heterocycles. The number of amides is 2. The zero-order valence-electron chi connectivity index (χ0n) is 23.7. The van der Waals surface area contributed by atoms with Gasteiger partial charge in [-0.2, -0.15) is 0 Å². The van der Waals surface area contributed by atoms with Gasteiger partial charge in [0.15, 0.2) is 0 Å². The van der Waals surface area contributed by atoms with Crippen molar-refractivity contribution in [2.24, 2.45) is 0 Å². The van der Waals surface area contributed by atoms with Crippen molar-refractivity contribution in [2.75, 3.05) is 22.2 Å². The number of hydrogen-bond acceptors (Lipinski definition) is 3. The monoisotopic (exact) mass is 543 g/mol. The quantitative estimate of drug-likeness (QED) is 0.258. The summed E-state index contributed by atoms with van der Waals surface area (Å²) >= 11 is 0. The second kappa shape index (κ2) is 12.0. The Morgan fingerprint density at radius 1 is 0.854 bits per heavy atom. The number of rotatable bonds is 7. The first-order valence-corrected chi connectivity index (χ1v) is 14.8. The SMILES string of the molecule is CN1C(=O)CCc2ccc(NC(=O)c3ccc(-c4ccccc4)c(CN(c4ccccc4)C4CCCCC4)c3)cc21. The van der Waals surface area contributed by atoms with Crippen molar-refractivity contribution < 1.29 is 9.59 Å². The van der Waals surface area contributed by atoms with E-state index in [2.05, 4.69) is 76.9 Å². The van der Waals surface area contributed by atoms with E-state index in [0.29, 0.717) is 23.7 Å². The number of carbonyl (C=O) groups excluding carboxylic acids is 2. The van der Waals surface area contributed by atoms with Gasteiger partial charge < -0.3 is 15.1 Å². The maximum atomic E-state index is 13.6. The van der Waals surface area contributed by atoms with E-state index in [1.54, 1.807) is 11.9 Å². The second-order valence-corrected chi connectivity index (χ2v) is 11.2. The van der Waals surface area contributed by atoms with Crippen LogP contribution in [0.1, 0.15) is 60.0 Å². The van der Waals surface area contributed by atoms with Crippen LogP contribution in [0.25, 0.3) is 11.1 Å². The lowest BCUT2D eigenvalue weighted by Gasteiger charge is -2.37. The molecule has 0 unspecified atom stereocenters. The molecule has 208 valence electrons. The van der Waals surface area contributed by atoms with E-state index in [0.717, 1.165) is 40.9 Å². The van der Waals surface area contributed by atoms with Gasteiger partial charge in [-0.3, -0.25) is 9.59 Å². The van der Waals surface area contributed by atoms with Crippen molar-refractivity contribution in [1.29, 1.82) is 0 Å². The Morgan fingerprint density at radius 2 is 1.59 bits per heavy atom. The van der Waals surface area contributed by atoms with Crippen LogP contribution in [0, 0.1) is 0 Å². The zero-order chi connectivity index (χ0) is 28.2. The molecule has 1 aliphatic heterocycles. The first-order chi connectivity index (χ1) is 20.1. The lowest BCUT2D eigenvalue weighted by atomic mass is 9.92. The smallest absolute Gasteiger partial charge is 0.255 e. The van der Waals surface area contributed by atoms with Crippen molar-refractivity contribution in [1.82, 2.24) is 0 Å². The van der Waals surface area contributed by atoms with Gasteiger partial charge in [-0.05, 0) is 77.9 Å².